The van der Waals surface area contributed by atoms with E-state index in [1.165, 1.54) is 13.3 Å². The average molecular weight is 242 g/mol. The molecular weight excluding hydrogens is 228 g/mol. The molecule has 94 valence electrons. The number of hydrogen-bond donors (Lipinski definition) is 1. The Labute approximate surface area is 97.8 Å². The van der Waals surface area contributed by atoms with E-state index in [0.29, 0.717) is 0 Å². The lowest BCUT2D eigenvalue weighted by Crippen LogP contribution is -2.28. The van der Waals surface area contributed by atoms with Crippen LogP contribution in [-0.2, 0) is 4.74 Å². The van der Waals surface area contributed by atoms with Crippen molar-refractivity contribution in [2.45, 2.75) is 26.4 Å². The molecule has 0 aromatic carbocycles. The molecule has 17 heavy (non-hydrogen) atoms. The molecule has 0 aliphatic carbocycles. The van der Waals surface area contributed by atoms with E-state index in [4.69, 9.17) is 9.57 Å². The van der Waals surface area contributed by atoms with E-state index in [1.807, 2.05) is 0 Å². The molecule has 1 amide bonds. The van der Waals surface area contributed by atoms with Gasteiger partial charge >= 0.3 is 6.09 Å². The number of nitroso groups, excluding NO2 is 1. The van der Waals surface area contributed by atoms with Crippen molar-refractivity contribution in [3.63, 3.8) is 0 Å². The van der Waals surface area contributed by atoms with Crippen molar-refractivity contribution in [1.82, 2.24) is 9.94 Å². The second-order valence-electron chi connectivity index (χ2n) is 4.15. The van der Waals surface area contributed by atoms with Crippen LogP contribution in [0.25, 0.3) is 0 Å². The van der Waals surface area contributed by atoms with Gasteiger partial charge in [-0.2, -0.15) is 0 Å². The van der Waals surface area contributed by atoms with Crippen LogP contribution in [-0.4, -0.2) is 28.7 Å². The Morgan fingerprint density at radius 3 is 2.65 bits per heavy atom. The third kappa shape index (κ3) is 3.44. The molecule has 1 aromatic rings. The highest BCUT2D eigenvalue weighted by molar-refractivity contribution is 5.87. The third-order valence-corrected chi connectivity index (χ3v) is 1.61. The van der Waals surface area contributed by atoms with Gasteiger partial charge in [0.05, 0.1) is 6.20 Å². The maximum absolute atomic E-state index is 11.5. The Hall–Kier alpha value is -2.12. The normalized spacial score (nSPS) is 10.8. The minimum atomic E-state index is -0.721. The highest BCUT2D eigenvalue weighted by Gasteiger charge is 2.20. The summed E-state index contributed by atoms with van der Waals surface area (Å²) >= 11 is 0. The molecule has 0 spiro atoms. The molecule has 0 unspecified atom stereocenters. The molecule has 1 N–H and O–H groups in total. The summed E-state index contributed by atoms with van der Waals surface area (Å²) < 4.78 is 5.02. The van der Waals surface area contributed by atoms with E-state index < -0.39 is 11.7 Å². The molecule has 0 aliphatic rings. The lowest BCUT2D eigenvalue weighted by Gasteiger charge is -2.19. The van der Waals surface area contributed by atoms with E-state index in [-0.39, 0.29) is 11.5 Å². The highest BCUT2D eigenvalue weighted by atomic mass is 16.7. The van der Waals surface area contributed by atoms with Gasteiger partial charge in [-0.05, 0) is 25.9 Å². The lowest BCUT2D eigenvalue weighted by atomic mass is 10.2. The van der Waals surface area contributed by atoms with E-state index >= 15 is 0 Å². The number of ether oxygens (including phenoxy) is 1. The molecule has 1 heterocycles. The number of carbonyl (C=O) groups is 1. The molecule has 8 heteroatoms. The Bertz CT molecular complexity index is 421. The van der Waals surface area contributed by atoms with E-state index in [0.717, 1.165) is 4.85 Å². The minimum absolute atomic E-state index is 0.0248. The first-order valence-corrected chi connectivity index (χ1v) is 4.83. The molecule has 0 atom stereocenters. The van der Waals surface area contributed by atoms with Crippen molar-refractivity contribution in [2.75, 3.05) is 12.4 Å². The smallest absolute Gasteiger partial charge is 0.413 e. The Morgan fingerprint density at radius 2 is 2.18 bits per heavy atom. The SMILES string of the molecule is COn1ncc(N=O)c1NC(=O)OC(C)(C)C. The number of carbonyl (C=O) groups excluding carboxylic acids is 1. The van der Waals surface area contributed by atoms with Gasteiger partial charge in [-0.3, -0.25) is 5.32 Å². The molecule has 0 fully saturated rings. The van der Waals surface area contributed by atoms with Gasteiger partial charge in [0.25, 0.3) is 0 Å². The molecule has 0 radical (unpaired) electrons. The summed E-state index contributed by atoms with van der Waals surface area (Å²) in [5.41, 5.74) is -0.686. The summed E-state index contributed by atoms with van der Waals surface area (Å²) in [7, 11) is 1.34. The van der Waals surface area contributed by atoms with Gasteiger partial charge in [-0.15, -0.1) is 10.0 Å². The van der Waals surface area contributed by atoms with Gasteiger partial charge < -0.3 is 9.57 Å². The minimum Gasteiger partial charge on any atom is -0.444 e. The first-order valence-electron chi connectivity index (χ1n) is 4.83. The van der Waals surface area contributed by atoms with Gasteiger partial charge in [-0.1, -0.05) is 4.85 Å². The zero-order valence-corrected chi connectivity index (χ0v) is 10.1. The number of hydrogen-bond acceptors (Lipinski definition) is 6. The van der Waals surface area contributed by atoms with Crippen molar-refractivity contribution in [1.29, 1.82) is 0 Å². The largest absolute Gasteiger partial charge is 0.444 e. The topological polar surface area (TPSA) is 94.8 Å². The van der Waals surface area contributed by atoms with Crippen molar-refractivity contribution in [3.05, 3.63) is 11.1 Å². The highest BCUT2D eigenvalue weighted by Crippen LogP contribution is 2.23. The molecular formula is C9H14N4O4. The second kappa shape index (κ2) is 4.81. The quantitative estimate of drug-likeness (QED) is 0.813. The Balaban J connectivity index is 2.83. The zero-order chi connectivity index (χ0) is 13.1. The number of anilines is 1. The molecule has 1 aromatic heterocycles. The van der Waals surface area contributed by atoms with Crippen molar-refractivity contribution in [3.8, 4) is 0 Å². The van der Waals surface area contributed by atoms with Crippen LogP contribution in [0.2, 0.25) is 0 Å². The molecule has 1 rings (SSSR count). The van der Waals surface area contributed by atoms with Crippen LogP contribution in [0.15, 0.2) is 11.4 Å². The fraction of sp³-hybridized carbons (Fsp3) is 0.556. The Kier molecular flexibility index (Phi) is 3.66. The third-order valence-electron chi connectivity index (χ3n) is 1.61. The number of nitrogens with one attached hydrogen (secondary N) is 1. The van der Waals surface area contributed by atoms with Crippen LogP contribution in [0.4, 0.5) is 16.3 Å². The summed E-state index contributed by atoms with van der Waals surface area (Å²) in [6.07, 6.45) is 0.449. The predicted octanol–water partition coefficient (Wildman–Crippen LogP) is 1.69. The fourth-order valence-corrected chi connectivity index (χ4v) is 1.04. The monoisotopic (exact) mass is 242 g/mol. The van der Waals surface area contributed by atoms with Gasteiger partial charge in [-0.25, -0.2) is 4.79 Å². The molecule has 8 nitrogen and oxygen atoms in total. The van der Waals surface area contributed by atoms with Crippen LogP contribution in [0, 0.1) is 4.91 Å². The van der Waals surface area contributed by atoms with Crippen molar-refractivity contribution < 1.29 is 14.4 Å². The summed E-state index contributed by atoms with van der Waals surface area (Å²) in [5.74, 6) is 0.0248. The summed E-state index contributed by atoms with van der Waals surface area (Å²) in [4.78, 5) is 27.7. The van der Waals surface area contributed by atoms with Gasteiger partial charge in [0.2, 0.25) is 5.82 Å². The van der Waals surface area contributed by atoms with Crippen LogP contribution in [0.1, 0.15) is 20.8 Å². The van der Waals surface area contributed by atoms with E-state index in [9.17, 15) is 9.70 Å². The van der Waals surface area contributed by atoms with Crippen LogP contribution >= 0.6 is 0 Å². The predicted molar refractivity (Wildman–Crippen MR) is 60.0 cm³/mol. The zero-order valence-electron chi connectivity index (χ0n) is 10.1. The maximum Gasteiger partial charge on any atom is 0.413 e. The Morgan fingerprint density at radius 1 is 1.53 bits per heavy atom. The molecule has 0 bridgehead atoms. The number of rotatable bonds is 3. The number of nitrogens with zero attached hydrogens (tertiary/aromatic N) is 3. The first kappa shape index (κ1) is 12.9. The van der Waals surface area contributed by atoms with E-state index in [2.05, 4.69) is 15.6 Å². The summed E-state index contributed by atoms with van der Waals surface area (Å²) in [6, 6.07) is 0. The second-order valence-corrected chi connectivity index (χ2v) is 4.15. The van der Waals surface area contributed by atoms with Crippen molar-refractivity contribution >= 4 is 17.6 Å². The standard InChI is InChI=1S/C9H14N4O4/c1-9(2,3)17-8(14)11-7-6(12-15)5-10-13(7)16-4/h5H,1-4H3,(H,11,14). The summed E-state index contributed by atoms with van der Waals surface area (Å²) in [6.45, 7) is 5.16. The van der Waals surface area contributed by atoms with Gasteiger partial charge in [0.15, 0.2) is 5.69 Å². The van der Waals surface area contributed by atoms with Crippen LogP contribution < -0.4 is 10.2 Å². The van der Waals surface area contributed by atoms with Crippen LogP contribution in [0.3, 0.4) is 0 Å². The van der Waals surface area contributed by atoms with Crippen LogP contribution in [0.5, 0.6) is 0 Å². The van der Waals surface area contributed by atoms with Gasteiger partial charge in [0, 0.05) is 0 Å². The molecule has 0 saturated carbocycles. The van der Waals surface area contributed by atoms with Crippen molar-refractivity contribution in [2.24, 2.45) is 5.18 Å². The lowest BCUT2D eigenvalue weighted by molar-refractivity contribution is 0.0626. The molecule has 0 saturated heterocycles. The molecule has 0 aliphatic heterocycles. The van der Waals surface area contributed by atoms with E-state index in [1.54, 1.807) is 20.8 Å². The first-order chi connectivity index (χ1) is 7.87. The fourth-order valence-electron chi connectivity index (χ4n) is 1.04. The number of amides is 1. The average Bonchev–Trinajstić information content (AvgIpc) is 2.57. The summed E-state index contributed by atoms with van der Waals surface area (Å²) in [5, 5.41) is 8.73. The van der Waals surface area contributed by atoms with Gasteiger partial charge in [0.1, 0.15) is 12.7 Å². The number of aromatic nitrogens is 2. The maximum atomic E-state index is 11.5.